The standard InChI is InChI=1S/C18H16O4/c19-7-5-11-9-15-16(10-12(11)6-8-20)18(22)14-4-2-1-3-13(14)17(15)21/h1-4,9-10,19-20H,5-8H2. The van der Waals surface area contributed by atoms with Crippen molar-refractivity contribution in [3.05, 3.63) is 69.8 Å². The third kappa shape index (κ3) is 2.26. The van der Waals surface area contributed by atoms with Crippen LogP contribution in [0.1, 0.15) is 43.0 Å². The highest BCUT2D eigenvalue weighted by Gasteiger charge is 2.30. The van der Waals surface area contributed by atoms with E-state index in [2.05, 4.69) is 0 Å². The Kier molecular flexibility index (Phi) is 3.88. The molecule has 0 unspecified atom stereocenters. The minimum atomic E-state index is -0.167. The summed E-state index contributed by atoms with van der Waals surface area (Å²) in [5.74, 6) is -0.333. The Bertz CT molecular complexity index is 698. The van der Waals surface area contributed by atoms with E-state index in [-0.39, 0.29) is 24.8 Å². The molecule has 112 valence electrons. The normalized spacial score (nSPS) is 13.0. The van der Waals surface area contributed by atoms with Crippen molar-refractivity contribution in [2.45, 2.75) is 12.8 Å². The minimum absolute atomic E-state index is 0.0457. The fraction of sp³-hybridized carbons (Fsp3) is 0.222. The number of hydrogen-bond donors (Lipinski definition) is 2. The lowest BCUT2D eigenvalue weighted by atomic mass is 9.81. The molecule has 22 heavy (non-hydrogen) atoms. The number of ketones is 2. The molecular weight excluding hydrogens is 280 g/mol. The lowest BCUT2D eigenvalue weighted by Crippen LogP contribution is -2.22. The molecule has 0 atom stereocenters. The van der Waals surface area contributed by atoms with Gasteiger partial charge < -0.3 is 10.2 Å². The Hall–Kier alpha value is -2.30. The van der Waals surface area contributed by atoms with E-state index < -0.39 is 0 Å². The summed E-state index contributed by atoms with van der Waals surface area (Å²) in [4.78, 5) is 25.2. The largest absolute Gasteiger partial charge is 0.396 e. The van der Waals surface area contributed by atoms with Gasteiger partial charge in [0.2, 0.25) is 0 Å². The second-order valence-electron chi connectivity index (χ2n) is 5.32. The van der Waals surface area contributed by atoms with E-state index in [4.69, 9.17) is 0 Å². The molecule has 0 spiro atoms. The summed E-state index contributed by atoms with van der Waals surface area (Å²) in [6.07, 6.45) is 0.789. The predicted molar refractivity (Wildman–Crippen MR) is 81.3 cm³/mol. The number of carbonyl (C=O) groups excluding carboxylic acids is 2. The van der Waals surface area contributed by atoms with E-state index >= 15 is 0 Å². The van der Waals surface area contributed by atoms with Crippen LogP contribution in [-0.2, 0) is 12.8 Å². The number of benzene rings is 2. The minimum Gasteiger partial charge on any atom is -0.396 e. The lowest BCUT2D eigenvalue weighted by Gasteiger charge is -2.20. The summed E-state index contributed by atoms with van der Waals surface area (Å²) >= 11 is 0. The van der Waals surface area contributed by atoms with Crippen molar-refractivity contribution in [1.82, 2.24) is 0 Å². The molecule has 2 N–H and O–H groups in total. The van der Waals surface area contributed by atoms with E-state index in [1.54, 1.807) is 36.4 Å². The first-order valence-electron chi connectivity index (χ1n) is 7.23. The van der Waals surface area contributed by atoms with Gasteiger partial charge in [0.25, 0.3) is 0 Å². The zero-order valence-electron chi connectivity index (χ0n) is 12.0. The van der Waals surface area contributed by atoms with Crippen molar-refractivity contribution in [2.75, 3.05) is 13.2 Å². The van der Waals surface area contributed by atoms with Gasteiger partial charge in [-0.25, -0.2) is 0 Å². The number of hydrogen-bond acceptors (Lipinski definition) is 4. The van der Waals surface area contributed by atoms with Crippen LogP contribution in [0.3, 0.4) is 0 Å². The van der Waals surface area contributed by atoms with Crippen LogP contribution < -0.4 is 0 Å². The van der Waals surface area contributed by atoms with Gasteiger partial charge in [0.15, 0.2) is 11.6 Å². The highest BCUT2D eigenvalue weighted by atomic mass is 16.3. The first kappa shape index (κ1) is 14.6. The van der Waals surface area contributed by atoms with Gasteiger partial charge in [0, 0.05) is 35.5 Å². The third-order valence-corrected chi connectivity index (χ3v) is 4.01. The van der Waals surface area contributed by atoms with Gasteiger partial charge in [-0.1, -0.05) is 24.3 Å². The Labute approximate surface area is 128 Å². The maximum Gasteiger partial charge on any atom is 0.194 e. The first-order valence-corrected chi connectivity index (χ1v) is 7.23. The van der Waals surface area contributed by atoms with Crippen LogP contribution in [0.2, 0.25) is 0 Å². The molecule has 2 aromatic rings. The van der Waals surface area contributed by atoms with E-state index in [9.17, 15) is 19.8 Å². The van der Waals surface area contributed by atoms with E-state index in [0.717, 1.165) is 11.1 Å². The Morgan fingerprint density at radius 3 is 1.45 bits per heavy atom. The van der Waals surface area contributed by atoms with Crippen LogP contribution in [0.4, 0.5) is 0 Å². The molecular formula is C18H16O4. The average molecular weight is 296 g/mol. The second-order valence-corrected chi connectivity index (χ2v) is 5.32. The number of carbonyl (C=O) groups is 2. The Morgan fingerprint density at radius 1 is 0.682 bits per heavy atom. The maximum atomic E-state index is 12.6. The molecule has 2 aromatic carbocycles. The zero-order valence-corrected chi connectivity index (χ0v) is 12.0. The highest BCUT2D eigenvalue weighted by molar-refractivity contribution is 6.28. The van der Waals surface area contributed by atoms with Crippen molar-refractivity contribution in [2.24, 2.45) is 0 Å². The van der Waals surface area contributed by atoms with E-state index in [1.807, 2.05) is 0 Å². The molecule has 0 amide bonds. The SMILES string of the molecule is O=C1c2ccccc2C(=O)c2cc(CCO)c(CCO)cc21. The average Bonchev–Trinajstić information content (AvgIpc) is 2.54. The molecule has 1 aliphatic carbocycles. The number of aliphatic hydroxyl groups excluding tert-OH is 2. The van der Waals surface area contributed by atoms with Gasteiger partial charge in [-0.2, -0.15) is 0 Å². The van der Waals surface area contributed by atoms with Crippen LogP contribution in [-0.4, -0.2) is 35.0 Å². The topological polar surface area (TPSA) is 74.6 Å². The van der Waals surface area contributed by atoms with Crippen LogP contribution in [0.5, 0.6) is 0 Å². The van der Waals surface area contributed by atoms with Crippen LogP contribution in [0.15, 0.2) is 36.4 Å². The molecule has 0 radical (unpaired) electrons. The monoisotopic (exact) mass is 296 g/mol. The molecule has 0 saturated carbocycles. The van der Waals surface area contributed by atoms with E-state index in [0.29, 0.717) is 35.1 Å². The molecule has 4 heteroatoms. The van der Waals surface area contributed by atoms with Gasteiger partial charge in [0.1, 0.15) is 0 Å². The molecule has 0 fully saturated rings. The number of aliphatic hydroxyl groups is 2. The van der Waals surface area contributed by atoms with Crippen LogP contribution >= 0.6 is 0 Å². The van der Waals surface area contributed by atoms with Crippen molar-refractivity contribution in [3.63, 3.8) is 0 Å². The maximum absolute atomic E-state index is 12.6. The molecule has 0 saturated heterocycles. The van der Waals surface area contributed by atoms with Crippen molar-refractivity contribution < 1.29 is 19.8 Å². The van der Waals surface area contributed by atoms with Gasteiger partial charge in [0.05, 0.1) is 0 Å². The smallest absolute Gasteiger partial charge is 0.194 e. The Morgan fingerprint density at radius 2 is 1.09 bits per heavy atom. The summed E-state index contributed by atoms with van der Waals surface area (Å²) < 4.78 is 0. The molecule has 0 aromatic heterocycles. The molecule has 0 bridgehead atoms. The molecule has 0 heterocycles. The van der Waals surface area contributed by atoms with Crippen molar-refractivity contribution >= 4 is 11.6 Å². The molecule has 1 aliphatic rings. The van der Waals surface area contributed by atoms with Gasteiger partial charge >= 0.3 is 0 Å². The van der Waals surface area contributed by atoms with Gasteiger partial charge in [-0.3, -0.25) is 9.59 Å². The molecule has 0 aliphatic heterocycles. The molecule has 3 rings (SSSR count). The van der Waals surface area contributed by atoms with Crippen molar-refractivity contribution in [1.29, 1.82) is 0 Å². The van der Waals surface area contributed by atoms with Crippen LogP contribution in [0, 0.1) is 0 Å². The zero-order chi connectivity index (χ0) is 15.7. The molecule has 4 nitrogen and oxygen atoms in total. The van der Waals surface area contributed by atoms with Crippen molar-refractivity contribution in [3.8, 4) is 0 Å². The summed E-state index contributed by atoms with van der Waals surface area (Å²) in [6, 6.07) is 10.2. The first-order chi connectivity index (χ1) is 10.7. The Balaban J connectivity index is 2.19. The number of rotatable bonds is 4. The fourth-order valence-corrected chi connectivity index (χ4v) is 2.94. The van der Waals surface area contributed by atoms with Crippen LogP contribution in [0.25, 0.3) is 0 Å². The quantitative estimate of drug-likeness (QED) is 0.765. The fourth-order valence-electron chi connectivity index (χ4n) is 2.94. The predicted octanol–water partition coefficient (Wildman–Crippen LogP) is 1.53. The summed E-state index contributed by atoms with van der Waals surface area (Å²) in [7, 11) is 0. The summed E-state index contributed by atoms with van der Waals surface area (Å²) in [5.41, 5.74) is 3.21. The highest BCUT2D eigenvalue weighted by Crippen LogP contribution is 2.29. The van der Waals surface area contributed by atoms with Gasteiger partial charge in [-0.05, 0) is 36.1 Å². The van der Waals surface area contributed by atoms with E-state index in [1.165, 1.54) is 0 Å². The number of fused-ring (bicyclic) bond motifs is 2. The third-order valence-electron chi connectivity index (χ3n) is 4.01. The van der Waals surface area contributed by atoms with Gasteiger partial charge in [-0.15, -0.1) is 0 Å². The summed E-state index contributed by atoms with van der Waals surface area (Å²) in [5, 5.41) is 18.4. The second kappa shape index (κ2) is 5.83. The lowest BCUT2D eigenvalue weighted by molar-refractivity contribution is 0.0979. The summed E-state index contributed by atoms with van der Waals surface area (Å²) in [6.45, 7) is -0.0914.